The molecule has 1 heterocycles. The van der Waals surface area contributed by atoms with Crippen molar-refractivity contribution in [1.29, 1.82) is 0 Å². The number of amides is 1. The third kappa shape index (κ3) is 3.60. The lowest BCUT2D eigenvalue weighted by Gasteiger charge is -2.24. The second kappa shape index (κ2) is 7.50. The average molecular weight is 455 g/mol. The lowest BCUT2D eigenvalue weighted by molar-refractivity contribution is -0.125. The van der Waals surface area contributed by atoms with Gasteiger partial charge in [-0.3, -0.25) is 4.79 Å². The molecular weight excluding hydrogens is 437 g/mol. The SMILES string of the molecule is O=C1C(Cc2ccccc2)Oc2ccccc2CN1c1ccc(I)cc1. The van der Waals surface area contributed by atoms with Crippen LogP contribution in [0.2, 0.25) is 0 Å². The van der Waals surface area contributed by atoms with Crippen molar-refractivity contribution in [2.45, 2.75) is 19.1 Å². The van der Waals surface area contributed by atoms with Crippen LogP contribution < -0.4 is 9.64 Å². The number of ether oxygens (including phenoxy) is 1. The van der Waals surface area contributed by atoms with Crippen molar-refractivity contribution in [2.24, 2.45) is 0 Å². The summed E-state index contributed by atoms with van der Waals surface area (Å²) in [6, 6.07) is 25.9. The molecule has 0 saturated carbocycles. The molecule has 0 aliphatic carbocycles. The number of hydrogen-bond donors (Lipinski definition) is 0. The maximum atomic E-state index is 13.3. The van der Waals surface area contributed by atoms with E-state index >= 15 is 0 Å². The number of nitrogens with zero attached hydrogens (tertiary/aromatic N) is 1. The molecule has 0 radical (unpaired) electrons. The van der Waals surface area contributed by atoms with Gasteiger partial charge in [0.2, 0.25) is 0 Å². The molecule has 4 heteroatoms. The minimum absolute atomic E-state index is 0.00809. The lowest BCUT2D eigenvalue weighted by atomic mass is 10.1. The van der Waals surface area contributed by atoms with Crippen molar-refractivity contribution < 1.29 is 9.53 Å². The smallest absolute Gasteiger partial charge is 0.268 e. The summed E-state index contributed by atoms with van der Waals surface area (Å²) in [5.74, 6) is 0.779. The summed E-state index contributed by atoms with van der Waals surface area (Å²) in [6.45, 7) is 0.515. The van der Waals surface area contributed by atoms with E-state index in [1.165, 1.54) is 0 Å². The topological polar surface area (TPSA) is 29.5 Å². The summed E-state index contributed by atoms with van der Waals surface area (Å²) in [5.41, 5.74) is 3.01. The molecule has 1 unspecified atom stereocenters. The number of halogens is 1. The van der Waals surface area contributed by atoms with E-state index in [0.29, 0.717) is 13.0 Å². The summed E-state index contributed by atoms with van der Waals surface area (Å²) in [7, 11) is 0. The zero-order valence-electron chi connectivity index (χ0n) is 14.1. The van der Waals surface area contributed by atoms with Gasteiger partial charge in [-0.05, 0) is 58.5 Å². The number of benzene rings is 3. The molecule has 3 nitrogen and oxygen atoms in total. The van der Waals surface area contributed by atoms with Gasteiger partial charge < -0.3 is 9.64 Å². The van der Waals surface area contributed by atoms with Gasteiger partial charge in [0.05, 0.1) is 6.54 Å². The first-order chi connectivity index (χ1) is 12.7. The monoisotopic (exact) mass is 455 g/mol. The average Bonchev–Trinajstić information content (AvgIpc) is 2.81. The number of hydrogen-bond acceptors (Lipinski definition) is 2. The van der Waals surface area contributed by atoms with Crippen LogP contribution in [0.3, 0.4) is 0 Å². The Morgan fingerprint density at radius 1 is 0.923 bits per heavy atom. The fourth-order valence-corrected chi connectivity index (χ4v) is 3.53. The molecule has 3 aromatic rings. The van der Waals surface area contributed by atoms with Gasteiger partial charge in [0, 0.05) is 21.2 Å². The van der Waals surface area contributed by atoms with E-state index in [-0.39, 0.29) is 5.91 Å². The van der Waals surface area contributed by atoms with Crippen molar-refractivity contribution in [3.05, 3.63) is 93.6 Å². The quantitative estimate of drug-likeness (QED) is 0.530. The summed E-state index contributed by atoms with van der Waals surface area (Å²) >= 11 is 2.27. The molecular formula is C22H18INO2. The van der Waals surface area contributed by atoms with Gasteiger partial charge in [-0.25, -0.2) is 0 Å². The molecule has 26 heavy (non-hydrogen) atoms. The second-order valence-corrected chi connectivity index (χ2v) is 7.55. The normalized spacial score (nSPS) is 16.6. The first-order valence-electron chi connectivity index (χ1n) is 8.56. The highest BCUT2D eigenvalue weighted by molar-refractivity contribution is 14.1. The molecule has 1 atom stereocenters. The summed E-state index contributed by atoms with van der Waals surface area (Å²) in [6.07, 6.45) is 0.00911. The molecule has 0 N–H and O–H groups in total. The van der Waals surface area contributed by atoms with E-state index in [1.54, 1.807) is 0 Å². The van der Waals surface area contributed by atoms with Crippen molar-refractivity contribution in [1.82, 2.24) is 0 Å². The molecule has 1 amide bonds. The molecule has 0 bridgehead atoms. The summed E-state index contributed by atoms with van der Waals surface area (Å²) in [5, 5.41) is 0. The predicted molar refractivity (Wildman–Crippen MR) is 111 cm³/mol. The van der Waals surface area contributed by atoms with E-state index < -0.39 is 6.10 Å². The van der Waals surface area contributed by atoms with Gasteiger partial charge in [0.15, 0.2) is 6.10 Å². The largest absolute Gasteiger partial charge is 0.480 e. The molecule has 130 valence electrons. The Bertz CT molecular complexity index is 909. The Kier molecular flexibility index (Phi) is 4.93. The fourth-order valence-electron chi connectivity index (χ4n) is 3.17. The van der Waals surface area contributed by atoms with Crippen LogP contribution in [-0.4, -0.2) is 12.0 Å². The predicted octanol–water partition coefficient (Wildman–Crippen LogP) is 4.83. The Morgan fingerprint density at radius 2 is 1.62 bits per heavy atom. The van der Waals surface area contributed by atoms with E-state index in [0.717, 1.165) is 26.1 Å². The highest BCUT2D eigenvalue weighted by Gasteiger charge is 2.31. The minimum Gasteiger partial charge on any atom is -0.480 e. The van der Waals surface area contributed by atoms with E-state index in [2.05, 4.69) is 22.6 Å². The first-order valence-corrected chi connectivity index (χ1v) is 9.64. The highest BCUT2D eigenvalue weighted by atomic mass is 127. The van der Waals surface area contributed by atoms with Gasteiger partial charge in [-0.15, -0.1) is 0 Å². The number of carbonyl (C=O) groups excluding carboxylic acids is 1. The molecule has 0 fully saturated rings. The number of fused-ring (bicyclic) bond motifs is 1. The zero-order chi connectivity index (χ0) is 17.9. The molecule has 3 aromatic carbocycles. The molecule has 1 aliphatic heterocycles. The van der Waals surface area contributed by atoms with Crippen LogP contribution in [0.5, 0.6) is 5.75 Å². The number of carbonyl (C=O) groups is 1. The van der Waals surface area contributed by atoms with Gasteiger partial charge in [-0.1, -0.05) is 48.5 Å². The van der Waals surface area contributed by atoms with Gasteiger partial charge in [0.1, 0.15) is 5.75 Å². The third-order valence-corrected chi connectivity index (χ3v) is 5.23. The molecule has 0 aromatic heterocycles. The van der Waals surface area contributed by atoms with Crippen LogP contribution in [-0.2, 0) is 17.8 Å². The summed E-state index contributed by atoms with van der Waals surface area (Å²) < 4.78 is 7.30. The standard InChI is InChI=1S/C22H18INO2/c23-18-10-12-19(13-11-18)24-15-17-8-4-5-9-20(17)26-21(22(24)25)14-16-6-2-1-3-7-16/h1-13,21H,14-15H2. The van der Waals surface area contributed by atoms with Crippen LogP contribution in [0, 0.1) is 3.57 Å². The zero-order valence-corrected chi connectivity index (χ0v) is 16.3. The lowest BCUT2D eigenvalue weighted by Crippen LogP contribution is -2.41. The van der Waals surface area contributed by atoms with E-state index in [1.807, 2.05) is 83.8 Å². The second-order valence-electron chi connectivity index (χ2n) is 6.30. The van der Waals surface area contributed by atoms with Crippen molar-refractivity contribution in [3.8, 4) is 5.75 Å². The Morgan fingerprint density at radius 3 is 2.38 bits per heavy atom. The van der Waals surface area contributed by atoms with Crippen LogP contribution in [0.4, 0.5) is 5.69 Å². The molecule has 1 aliphatic rings. The number of anilines is 1. The van der Waals surface area contributed by atoms with E-state index in [4.69, 9.17) is 4.74 Å². The molecule has 4 rings (SSSR count). The van der Waals surface area contributed by atoms with Gasteiger partial charge in [0.25, 0.3) is 5.91 Å². The van der Waals surface area contributed by atoms with Crippen LogP contribution in [0.25, 0.3) is 0 Å². The Labute approximate surface area is 166 Å². The summed E-state index contributed by atoms with van der Waals surface area (Å²) in [4.78, 5) is 15.1. The highest BCUT2D eigenvalue weighted by Crippen LogP contribution is 2.30. The first kappa shape index (κ1) is 17.1. The maximum Gasteiger partial charge on any atom is 0.268 e. The van der Waals surface area contributed by atoms with Crippen LogP contribution in [0.1, 0.15) is 11.1 Å². The van der Waals surface area contributed by atoms with Crippen LogP contribution in [0.15, 0.2) is 78.9 Å². The van der Waals surface area contributed by atoms with Crippen LogP contribution >= 0.6 is 22.6 Å². The van der Waals surface area contributed by atoms with Crippen molar-refractivity contribution >= 4 is 34.2 Å². The number of rotatable bonds is 3. The third-order valence-electron chi connectivity index (χ3n) is 4.51. The van der Waals surface area contributed by atoms with Gasteiger partial charge >= 0.3 is 0 Å². The maximum absolute atomic E-state index is 13.3. The molecule has 0 spiro atoms. The Balaban J connectivity index is 1.72. The van der Waals surface area contributed by atoms with Crippen molar-refractivity contribution in [3.63, 3.8) is 0 Å². The van der Waals surface area contributed by atoms with Gasteiger partial charge in [-0.2, -0.15) is 0 Å². The fraction of sp³-hybridized carbons (Fsp3) is 0.136. The number of para-hydroxylation sites is 1. The minimum atomic E-state index is -0.541. The molecule has 0 saturated heterocycles. The van der Waals surface area contributed by atoms with Crippen molar-refractivity contribution in [2.75, 3.05) is 4.90 Å². The van der Waals surface area contributed by atoms with E-state index in [9.17, 15) is 4.79 Å². The Hall–Kier alpha value is -2.34.